The molecule has 2 aliphatic rings. The third kappa shape index (κ3) is 4.96. The van der Waals surface area contributed by atoms with Crippen LogP contribution in [0.15, 0.2) is 97.1 Å². The topological polar surface area (TPSA) is 111 Å². The van der Waals surface area contributed by atoms with Gasteiger partial charge in [0.25, 0.3) is 11.8 Å². The van der Waals surface area contributed by atoms with Crippen LogP contribution in [0.1, 0.15) is 55.8 Å². The molecule has 9 nitrogen and oxygen atoms in total. The van der Waals surface area contributed by atoms with Gasteiger partial charge in [0.2, 0.25) is 0 Å². The Bertz CT molecular complexity index is 1620. The number of nitrogens with zero attached hydrogens (tertiary/aromatic N) is 1. The van der Waals surface area contributed by atoms with Gasteiger partial charge in [-0.1, -0.05) is 77.9 Å². The zero-order valence-electron chi connectivity index (χ0n) is 22.6. The summed E-state index contributed by atoms with van der Waals surface area (Å²) in [6, 6.07) is 28.1. The molecule has 0 bridgehead atoms. The molecule has 3 amide bonds. The van der Waals surface area contributed by atoms with Crippen LogP contribution in [0.4, 0.5) is 4.79 Å². The van der Waals surface area contributed by atoms with E-state index in [4.69, 9.17) is 14.3 Å². The summed E-state index contributed by atoms with van der Waals surface area (Å²) in [5.74, 6) is -1.89. The highest BCUT2D eigenvalue weighted by atomic mass is 16.7. The van der Waals surface area contributed by atoms with E-state index in [1.54, 1.807) is 36.4 Å². The second-order valence-corrected chi connectivity index (χ2v) is 9.91. The van der Waals surface area contributed by atoms with Gasteiger partial charge >= 0.3 is 12.1 Å². The van der Waals surface area contributed by atoms with Gasteiger partial charge in [0.05, 0.1) is 30.7 Å². The zero-order chi connectivity index (χ0) is 29.2. The van der Waals surface area contributed by atoms with E-state index in [2.05, 4.69) is 5.32 Å². The molecular formula is C33H26N2O7. The molecule has 1 N–H and O–H groups in total. The highest BCUT2D eigenvalue weighted by Gasteiger charge is 2.39. The zero-order valence-corrected chi connectivity index (χ0v) is 22.6. The van der Waals surface area contributed by atoms with Crippen molar-refractivity contribution in [3.05, 3.63) is 125 Å². The van der Waals surface area contributed by atoms with E-state index < -0.39 is 29.9 Å². The number of methoxy groups -OCH3 is 1. The summed E-state index contributed by atoms with van der Waals surface area (Å²) in [5.41, 5.74) is 5.23. The van der Waals surface area contributed by atoms with Crippen molar-refractivity contribution in [1.82, 2.24) is 10.4 Å². The fourth-order valence-corrected chi connectivity index (χ4v) is 5.43. The van der Waals surface area contributed by atoms with Crippen LogP contribution < -0.4 is 10.1 Å². The smallest absolute Gasteiger partial charge is 0.407 e. The number of carbonyl (C=O) groups is 4. The average Bonchev–Trinajstić information content (AvgIpc) is 3.47. The maximum atomic E-state index is 13.1. The quantitative estimate of drug-likeness (QED) is 0.286. The van der Waals surface area contributed by atoms with Crippen molar-refractivity contribution >= 4 is 23.9 Å². The summed E-state index contributed by atoms with van der Waals surface area (Å²) in [6.45, 7) is 0.0919. The van der Waals surface area contributed by atoms with E-state index >= 15 is 0 Å². The second kappa shape index (κ2) is 11.2. The van der Waals surface area contributed by atoms with Gasteiger partial charge in [-0.15, -0.1) is 0 Å². The van der Waals surface area contributed by atoms with E-state index in [9.17, 15) is 19.2 Å². The lowest BCUT2D eigenvalue weighted by Gasteiger charge is -2.21. The van der Waals surface area contributed by atoms with Gasteiger partial charge in [0.1, 0.15) is 12.4 Å². The Morgan fingerprint density at radius 2 is 1.29 bits per heavy atom. The fourth-order valence-electron chi connectivity index (χ4n) is 5.43. The average molecular weight is 563 g/mol. The van der Waals surface area contributed by atoms with Gasteiger partial charge < -0.3 is 19.6 Å². The van der Waals surface area contributed by atoms with Crippen LogP contribution in [0.2, 0.25) is 0 Å². The maximum Gasteiger partial charge on any atom is 0.407 e. The predicted molar refractivity (Wildman–Crippen MR) is 152 cm³/mol. The number of hydrogen-bond acceptors (Lipinski definition) is 7. The lowest BCUT2D eigenvalue weighted by Crippen LogP contribution is -2.36. The number of imide groups is 1. The summed E-state index contributed by atoms with van der Waals surface area (Å²) >= 11 is 0. The van der Waals surface area contributed by atoms with Crippen LogP contribution >= 0.6 is 0 Å². The summed E-state index contributed by atoms with van der Waals surface area (Å²) in [4.78, 5) is 56.6. The Balaban J connectivity index is 1.16. The number of rotatable bonds is 8. The number of fused-ring (bicyclic) bond motifs is 4. The minimum Gasteiger partial charge on any atom is -0.497 e. The molecule has 9 heteroatoms. The molecule has 0 aromatic heterocycles. The van der Waals surface area contributed by atoms with Crippen molar-refractivity contribution in [2.24, 2.45) is 0 Å². The van der Waals surface area contributed by atoms with Gasteiger partial charge in [-0.2, -0.15) is 0 Å². The first kappa shape index (κ1) is 26.8. The Labute approximate surface area is 241 Å². The molecule has 1 atom stereocenters. The first-order valence-corrected chi connectivity index (χ1v) is 13.4. The third-order valence-corrected chi connectivity index (χ3v) is 7.47. The summed E-state index contributed by atoms with van der Waals surface area (Å²) in [5, 5.41) is 3.20. The number of nitrogens with one attached hydrogen (secondary N) is 1. The number of ether oxygens (including phenoxy) is 2. The molecule has 42 heavy (non-hydrogen) atoms. The predicted octanol–water partition coefficient (Wildman–Crippen LogP) is 5.42. The number of hydrogen-bond donors (Lipinski definition) is 1. The Morgan fingerprint density at radius 3 is 1.83 bits per heavy atom. The molecule has 4 aromatic carbocycles. The summed E-state index contributed by atoms with van der Waals surface area (Å²) < 4.78 is 10.9. The highest BCUT2D eigenvalue weighted by molar-refractivity contribution is 6.20. The van der Waals surface area contributed by atoms with Crippen molar-refractivity contribution in [2.75, 3.05) is 13.7 Å². The first-order valence-electron chi connectivity index (χ1n) is 13.4. The van der Waals surface area contributed by atoms with Gasteiger partial charge in [-0.3, -0.25) is 9.59 Å². The SMILES string of the molecule is COc1ccc(C(CC(=O)ON2C(=O)c3ccccc3C2=O)NC(=O)OCC2c3ccccc3-c3ccccc32)cc1. The number of carbonyl (C=O) groups excluding carboxylic acids is 4. The monoisotopic (exact) mass is 562 g/mol. The maximum absolute atomic E-state index is 13.1. The van der Waals surface area contributed by atoms with Crippen LogP contribution in [-0.2, 0) is 14.4 Å². The number of benzene rings is 4. The van der Waals surface area contributed by atoms with E-state index in [1.807, 2.05) is 48.5 Å². The van der Waals surface area contributed by atoms with Gasteiger partial charge in [-0.25, -0.2) is 9.59 Å². The fraction of sp³-hybridized carbons (Fsp3) is 0.152. The minimum absolute atomic E-state index is 0.0919. The van der Waals surface area contributed by atoms with E-state index in [-0.39, 0.29) is 30.1 Å². The van der Waals surface area contributed by atoms with Gasteiger partial charge in [-0.05, 0) is 52.1 Å². The second-order valence-electron chi connectivity index (χ2n) is 9.91. The molecule has 0 fully saturated rings. The van der Waals surface area contributed by atoms with Crippen molar-refractivity contribution < 1.29 is 33.5 Å². The van der Waals surface area contributed by atoms with Crippen LogP contribution in [0, 0.1) is 0 Å². The molecule has 1 heterocycles. The largest absolute Gasteiger partial charge is 0.497 e. The Hall–Kier alpha value is -5.44. The molecule has 210 valence electrons. The van der Waals surface area contributed by atoms with Crippen LogP contribution in [-0.4, -0.2) is 42.7 Å². The van der Waals surface area contributed by atoms with E-state index in [0.717, 1.165) is 22.3 Å². The lowest BCUT2D eigenvalue weighted by atomic mass is 9.98. The normalized spacial score (nSPS) is 14.1. The number of amides is 3. The number of alkyl carbamates (subject to hydrolysis) is 1. The molecule has 0 saturated heterocycles. The Kier molecular flexibility index (Phi) is 7.14. The minimum atomic E-state index is -0.885. The van der Waals surface area contributed by atoms with Crippen LogP contribution in [0.25, 0.3) is 11.1 Å². The molecule has 6 rings (SSSR count). The third-order valence-electron chi connectivity index (χ3n) is 7.47. The summed E-state index contributed by atoms with van der Waals surface area (Å²) in [6.07, 6.45) is -1.10. The van der Waals surface area contributed by atoms with E-state index in [1.165, 1.54) is 19.2 Å². The summed E-state index contributed by atoms with van der Waals surface area (Å²) in [7, 11) is 1.53. The molecular weight excluding hydrogens is 536 g/mol. The van der Waals surface area contributed by atoms with Crippen molar-refractivity contribution in [1.29, 1.82) is 0 Å². The van der Waals surface area contributed by atoms with Crippen LogP contribution in [0.5, 0.6) is 5.75 Å². The molecule has 0 spiro atoms. The molecule has 4 aromatic rings. The molecule has 0 saturated carbocycles. The molecule has 1 aliphatic heterocycles. The lowest BCUT2D eigenvalue weighted by molar-refractivity contribution is -0.169. The Morgan fingerprint density at radius 1 is 0.762 bits per heavy atom. The molecule has 1 aliphatic carbocycles. The van der Waals surface area contributed by atoms with Crippen molar-refractivity contribution in [3.8, 4) is 16.9 Å². The van der Waals surface area contributed by atoms with Gasteiger partial charge in [0.15, 0.2) is 0 Å². The standard InChI is InChI=1S/C33H26N2O7/c1-40-21-16-14-20(15-17-21)29(18-30(36)42-35-31(37)26-12-6-7-13-27(26)32(35)38)34-33(39)41-19-28-24-10-4-2-8-22(24)23-9-3-5-11-25(23)28/h2-17,28-29H,18-19H2,1H3,(H,34,39). The van der Waals surface area contributed by atoms with E-state index in [0.29, 0.717) is 16.4 Å². The van der Waals surface area contributed by atoms with Gasteiger partial charge in [0, 0.05) is 5.92 Å². The highest BCUT2D eigenvalue weighted by Crippen LogP contribution is 2.44. The molecule has 0 radical (unpaired) electrons. The van der Waals surface area contributed by atoms with Crippen molar-refractivity contribution in [3.63, 3.8) is 0 Å². The van der Waals surface area contributed by atoms with Crippen molar-refractivity contribution in [2.45, 2.75) is 18.4 Å². The van der Waals surface area contributed by atoms with Crippen LogP contribution in [0.3, 0.4) is 0 Å². The molecule has 1 unspecified atom stereocenters. The number of hydroxylamine groups is 2. The first-order chi connectivity index (χ1) is 20.4.